The zero-order valence-electron chi connectivity index (χ0n) is 8.10. The SMILES string of the molecule is Cc1cc(Cl)c(C)c(C(=O)C(=O)O)c1F. The molecule has 0 amide bonds. The van der Waals surface area contributed by atoms with Crippen LogP contribution in [-0.4, -0.2) is 16.9 Å². The minimum atomic E-state index is -1.70. The highest BCUT2D eigenvalue weighted by Gasteiger charge is 2.24. The molecule has 0 aliphatic rings. The van der Waals surface area contributed by atoms with Gasteiger partial charge in [-0.3, -0.25) is 4.79 Å². The van der Waals surface area contributed by atoms with Gasteiger partial charge in [0.15, 0.2) is 0 Å². The quantitative estimate of drug-likeness (QED) is 0.627. The van der Waals surface area contributed by atoms with Gasteiger partial charge in [0.2, 0.25) is 0 Å². The molecule has 0 bridgehead atoms. The molecule has 5 heteroatoms. The molecule has 0 aliphatic carbocycles. The third kappa shape index (κ3) is 1.99. The van der Waals surface area contributed by atoms with Crippen molar-refractivity contribution in [1.82, 2.24) is 0 Å². The Kier molecular flexibility index (Phi) is 3.09. The molecule has 15 heavy (non-hydrogen) atoms. The average molecular weight is 231 g/mol. The molecule has 1 aromatic rings. The lowest BCUT2D eigenvalue weighted by Crippen LogP contribution is -2.17. The number of halogens is 2. The molecular weight excluding hydrogens is 223 g/mol. The summed E-state index contributed by atoms with van der Waals surface area (Å²) in [5.41, 5.74) is -0.171. The Morgan fingerprint density at radius 3 is 2.40 bits per heavy atom. The highest BCUT2D eigenvalue weighted by molar-refractivity contribution is 6.41. The number of aryl methyl sites for hydroxylation is 1. The van der Waals surface area contributed by atoms with Gasteiger partial charge in [-0.25, -0.2) is 9.18 Å². The molecule has 0 atom stereocenters. The van der Waals surface area contributed by atoms with Crippen molar-refractivity contribution in [3.63, 3.8) is 0 Å². The molecule has 0 unspecified atom stereocenters. The van der Waals surface area contributed by atoms with Crippen LogP contribution < -0.4 is 0 Å². The predicted octanol–water partition coefficient (Wildman–Crippen LogP) is 2.36. The van der Waals surface area contributed by atoms with E-state index in [1.54, 1.807) is 0 Å². The number of hydrogen-bond acceptors (Lipinski definition) is 2. The molecule has 1 N–H and O–H groups in total. The number of carboxylic acids is 1. The molecule has 0 aromatic heterocycles. The van der Waals surface area contributed by atoms with Crippen LogP contribution in [0.15, 0.2) is 6.07 Å². The smallest absolute Gasteiger partial charge is 0.377 e. The van der Waals surface area contributed by atoms with Gasteiger partial charge in [-0.2, -0.15) is 0 Å². The second-order valence-electron chi connectivity index (χ2n) is 3.12. The molecule has 80 valence electrons. The van der Waals surface area contributed by atoms with E-state index in [0.717, 1.165) is 0 Å². The summed E-state index contributed by atoms with van der Waals surface area (Å²) < 4.78 is 13.5. The number of rotatable bonds is 2. The van der Waals surface area contributed by atoms with E-state index < -0.39 is 23.1 Å². The van der Waals surface area contributed by atoms with Crippen molar-refractivity contribution in [2.75, 3.05) is 0 Å². The Morgan fingerprint density at radius 2 is 1.93 bits per heavy atom. The van der Waals surface area contributed by atoms with E-state index in [9.17, 15) is 14.0 Å². The summed E-state index contributed by atoms with van der Waals surface area (Å²) in [5, 5.41) is 8.69. The van der Waals surface area contributed by atoms with Crippen molar-refractivity contribution in [2.45, 2.75) is 13.8 Å². The minimum absolute atomic E-state index is 0.146. The number of ketones is 1. The first-order chi connectivity index (χ1) is 6.86. The third-order valence-corrected chi connectivity index (χ3v) is 2.46. The summed E-state index contributed by atoms with van der Waals surface area (Å²) >= 11 is 5.73. The van der Waals surface area contributed by atoms with Crippen molar-refractivity contribution in [2.24, 2.45) is 0 Å². The number of hydrogen-bond donors (Lipinski definition) is 1. The Labute approximate surface area is 90.5 Å². The van der Waals surface area contributed by atoms with Crippen LogP contribution in [0.4, 0.5) is 4.39 Å². The average Bonchev–Trinajstić information content (AvgIpc) is 2.15. The fourth-order valence-corrected chi connectivity index (χ4v) is 1.48. The maximum Gasteiger partial charge on any atom is 0.377 e. The summed E-state index contributed by atoms with van der Waals surface area (Å²) in [5.74, 6) is -3.81. The summed E-state index contributed by atoms with van der Waals surface area (Å²) in [6.45, 7) is 2.82. The first-order valence-electron chi connectivity index (χ1n) is 4.09. The lowest BCUT2D eigenvalue weighted by Gasteiger charge is -2.08. The van der Waals surface area contributed by atoms with Gasteiger partial charge < -0.3 is 5.11 Å². The molecule has 0 heterocycles. The van der Waals surface area contributed by atoms with E-state index in [1.807, 2.05) is 0 Å². The van der Waals surface area contributed by atoms with Crippen LogP contribution in [-0.2, 0) is 4.79 Å². The second kappa shape index (κ2) is 3.98. The van der Waals surface area contributed by atoms with E-state index in [4.69, 9.17) is 16.7 Å². The third-order valence-electron chi connectivity index (χ3n) is 2.06. The number of carboxylic acid groups (broad SMARTS) is 1. The topological polar surface area (TPSA) is 54.4 Å². The lowest BCUT2D eigenvalue weighted by atomic mass is 10.0. The van der Waals surface area contributed by atoms with Crippen LogP contribution in [0.5, 0.6) is 0 Å². The van der Waals surface area contributed by atoms with Gasteiger partial charge in [-0.1, -0.05) is 11.6 Å². The molecular formula is C10H8ClFO3. The fraction of sp³-hybridized carbons (Fsp3) is 0.200. The predicted molar refractivity (Wildman–Crippen MR) is 52.9 cm³/mol. The van der Waals surface area contributed by atoms with Gasteiger partial charge in [-0.15, -0.1) is 0 Å². The summed E-state index contributed by atoms with van der Waals surface area (Å²) in [4.78, 5) is 21.7. The first kappa shape index (κ1) is 11.7. The largest absolute Gasteiger partial charge is 0.475 e. The number of Topliss-reactive ketones (excluding diaryl/α,β-unsaturated/α-hetero) is 1. The van der Waals surface area contributed by atoms with Gasteiger partial charge in [0.1, 0.15) is 5.82 Å². The molecule has 3 nitrogen and oxygen atoms in total. The number of carbonyl (C=O) groups excluding carboxylic acids is 1. The zero-order chi connectivity index (χ0) is 11.7. The Morgan fingerprint density at radius 1 is 1.40 bits per heavy atom. The van der Waals surface area contributed by atoms with E-state index in [-0.39, 0.29) is 16.1 Å². The van der Waals surface area contributed by atoms with E-state index in [1.165, 1.54) is 19.9 Å². The first-order valence-corrected chi connectivity index (χ1v) is 4.47. The monoisotopic (exact) mass is 230 g/mol. The van der Waals surface area contributed by atoms with Crippen LogP contribution in [0.3, 0.4) is 0 Å². The maximum atomic E-state index is 13.5. The van der Waals surface area contributed by atoms with E-state index in [2.05, 4.69) is 0 Å². The molecule has 0 aliphatic heterocycles. The molecule has 0 saturated heterocycles. The van der Waals surface area contributed by atoms with Gasteiger partial charge in [-0.05, 0) is 31.0 Å². The summed E-state index contributed by atoms with van der Waals surface area (Å²) in [6, 6.07) is 1.35. The van der Waals surface area contributed by atoms with E-state index >= 15 is 0 Å². The summed E-state index contributed by atoms with van der Waals surface area (Å²) in [6.07, 6.45) is 0. The van der Waals surface area contributed by atoms with Crippen LogP contribution >= 0.6 is 11.6 Å². The maximum absolute atomic E-state index is 13.5. The van der Waals surface area contributed by atoms with Crippen LogP contribution in [0.25, 0.3) is 0 Å². The van der Waals surface area contributed by atoms with Crippen molar-refractivity contribution in [3.8, 4) is 0 Å². The number of benzene rings is 1. The van der Waals surface area contributed by atoms with Gasteiger partial charge in [0.25, 0.3) is 5.78 Å². The fourth-order valence-electron chi connectivity index (χ4n) is 1.22. The van der Waals surface area contributed by atoms with Crippen molar-refractivity contribution in [3.05, 3.63) is 33.6 Å². The van der Waals surface area contributed by atoms with Crippen molar-refractivity contribution < 1.29 is 19.1 Å². The van der Waals surface area contributed by atoms with Crippen LogP contribution in [0.1, 0.15) is 21.5 Å². The molecule has 0 radical (unpaired) electrons. The van der Waals surface area contributed by atoms with Crippen LogP contribution in [0.2, 0.25) is 5.02 Å². The van der Waals surface area contributed by atoms with Crippen molar-refractivity contribution in [1.29, 1.82) is 0 Å². The number of carbonyl (C=O) groups is 2. The minimum Gasteiger partial charge on any atom is -0.475 e. The Bertz CT molecular complexity index is 428. The van der Waals surface area contributed by atoms with Gasteiger partial charge >= 0.3 is 5.97 Å². The zero-order valence-corrected chi connectivity index (χ0v) is 8.85. The highest BCUT2D eigenvalue weighted by atomic mass is 35.5. The van der Waals surface area contributed by atoms with Crippen molar-refractivity contribution >= 4 is 23.4 Å². The summed E-state index contributed by atoms with van der Waals surface area (Å²) in [7, 11) is 0. The molecule has 0 saturated carbocycles. The highest BCUT2D eigenvalue weighted by Crippen LogP contribution is 2.25. The van der Waals surface area contributed by atoms with Crippen LogP contribution in [0, 0.1) is 19.7 Å². The Balaban J connectivity index is 3.53. The molecule has 1 rings (SSSR count). The van der Waals surface area contributed by atoms with Gasteiger partial charge in [0, 0.05) is 5.02 Å². The second-order valence-corrected chi connectivity index (χ2v) is 3.53. The number of aliphatic carboxylic acids is 1. The normalized spacial score (nSPS) is 10.1. The molecule has 1 aromatic carbocycles. The van der Waals surface area contributed by atoms with Gasteiger partial charge in [0.05, 0.1) is 5.56 Å². The Hall–Kier alpha value is -1.42. The van der Waals surface area contributed by atoms with E-state index in [0.29, 0.717) is 0 Å². The molecule has 0 spiro atoms. The lowest BCUT2D eigenvalue weighted by molar-refractivity contribution is -0.131. The molecule has 0 fully saturated rings. The standard InChI is InChI=1S/C10H8ClFO3/c1-4-3-6(11)5(2)7(8(4)12)9(13)10(14)15/h3H,1-2H3,(H,14,15).